The fraction of sp³-hybridized carbons (Fsp3) is 0.263. The van der Waals surface area contributed by atoms with Crippen LogP contribution in [0.3, 0.4) is 0 Å². The molecule has 0 radical (unpaired) electrons. The summed E-state index contributed by atoms with van der Waals surface area (Å²) in [6, 6.07) is 4.62. The topological polar surface area (TPSA) is 3.24 Å². The van der Waals surface area contributed by atoms with E-state index < -0.39 is 0 Å². The Morgan fingerprint density at radius 3 is 2.82 bits per heavy atom. The third-order valence-corrected chi connectivity index (χ3v) is 5.21. The van der Waals surface area contributed by atoms with Crippen LogP contribution in [0, 0.1) is 6.92 Å². The Morgan fingerprint density at radius 1 is 1.45 bits per heavy atom. The highest BCUT2D eigenvalue weighted by atomic mass is 35.5. The highest BCUT2D eigenvalue weighted by Crippen LogP contribution is 2.40. The number of halogens is 1. The summed E-state index contributed by atoms with van der Waals surface area (Å²) in [5.41, 5.74) is 7.97. The SMILES string of the molecule is C=C(C)C1=CN2C(=CC1=C)c1cc(Cl)c(C)cc1CC2CS. The van der Waals surface area contributed by atoms with Crippen molar-refractivity contribution in [2.24, 2.45) is 0 Å². The zero-order valence-corrected chi connectivity index (χ0v) is 14.6. The average Bonchev–Trinajstić information content (AvgIpc) is 2.47. The molecule has 0 fully saturated rings. The molecule has 3 heteroatoms. The van der Waals surface area contributed by atoms with Gasteiger partial charge in [0.25, 0.3) is 0 Å². The molecule has 0 saturated carbocycles. The second kappa shape index (κ2) is 5.68. The standard InChI is InChI=1S/C19H20ClNS/c1-11(2)17-9-21-15(10-22)7-14-5-13(4)18(20)8-16(14)19(21)6-12(17)3/h5-6,8-9,15,22H,1,3,7,10H2,2,4H3. The van der Waals surface area contributed by atoms with Crippen LogP contribution in [0.5, 0.6) is 0 Å². The molecule has 0 spiro atoms. The first kappa shape index (κ1) is 15.5. The van der Waals surface area contributed by atoms with Crippen LogP contribution in [-0.4, -0.2) is 16.7 Å². The Balaban J connectivity index is 2.17. The van der Waals surface area contributed by atoms with Gasteiger partial charge in [0, 0.05) is 34.3 Å². The lowest BCUT2D eigenvalue weighted by Crippen LogP contribution is -2.38. The minimum Gasteiger partial charge on any atom is -0.343 e. The second-order valence-electron chi connectivity index (χ2n) is 6.08. The minimum absolute atomic E-state index is 0.338. The molecule has 2 aliphatic heterocycles. The van der Waals surface area contributed by atoms with Gasteiger partial charge in [-0.05, 0) is 60.3 Å². The number of hydrogen-bond acceptors (Lipinski definition) is 2. The van der Waals surface area contributed by atoms with Gasteiger partial charge in [0.1, 0.15) is 0 Å². The number of fused-ring (bicyclic) bond motifs is 3. The van der Waals surface area contributed by atoms with E-state index in [2.05, 4.69) is 62.0 Å². The molecule has 0 aromatic heterocycles. The van der Waals surface area contributed by atoms with E-state index in [1.807, 2.05) is 6.92 Å². The summed E-state index contributed by atoms with van der Waals surface area (Å²) in [6.07, 6.45) is 5.28. The third kappa shape index (κ3) is 2.45. The average molecular weight is 330 g/mol. The summed E-state index contributed by atoms with van der Waals surface area (Å²) in [4.78, 5) is 2.31. The number of allylic oxidation sites excluding steroid dienone is 4. The summed E-state index contributed by atoms with van der Waals surface area (Å²) in [5, 5.41) is 0.809. The third-order valence-electron chi connectivity index (χ3n) is 4.38. The van der Waals surface area contributed by atoms with Crippen LogP contribution in [0.25, 0.3) is 5.70 Å². The van der Waals surface area contributed by atoms with Crippen LogP contribution in [-0.2, 0) is 6.42 Å². The Labute approximate surface area is 143 Å². The molecular formula is C19H20ClNS. The molecule has 0 N–H and O–H groups in total. The molecule has 2 aliphatic rings. The van der Waals surface area contributed by atoms with Crippen LogP contribution in [0.1, 0.15) is 23.6 Å². The molecule has 1 nitrogen and oxygen atoms in total. The Morgan fingerprint density at radius 2 is 2.18 bits per heavy atom. The second-order valence-corrected chi connectivity index (χ2v) is 6.86. The summed E-state index contributed by atoms with van der Waals surface area (Å²) < 4.78 is 0. The van der Waals surface area contributed by atoms with Gasteiger partial charge >= 0.3 is 0 Å². The summed E-state index contributed by atoms with van der Waals surface area (Å²) >= 11 is 10.9. The molecule has 3 rings (SSSR count). The van der Waals surface area contributed by atoms with Crippen LogP contribution < -0.4 is 0 Å². The molecular weight excluding hydrogens is 310 g/mol. The van der Waals surface area contributed by atoms with Gasteiger partial charge in [0.2, 0.25) is 0 Å². The van der Waals surface area contributed by atoms with Crippen molar-refractivity contribution in [3.63, 3.8) is 0 Å². The van der Waals surface area contributed by atoms with E-state index in [0.717, 1.165) is 45.2 Å². The number of rotatable bonds is 2. The first-order chi connectivity index (χ1) is 10.4. The van der Waals surface area contributed by atoms with Crippen LogP contribution >= 0.6 is 24.2 Å². The molecule has 2 heterocycles. The van der Waals surface area contributed by atoms with Crippen LogP contribution in [0.15, 0.2) is 54.3 Å². The molecule has 0 bridgehead atoms. The summed E-state index contributed by atoms with van der Waals surface area (Å²) in [6.45, 7) is 12.3. The normalized spacial score (nSPS) is 20.1. The zero-order valence-electron chi connectivity index (χ0n) is 13.0. The van der Waals surface area contributed by atoms with E-state index in [4.69, 9.17) is 11.6 Å². The van der Waals surface area contributed by atoms with Gasteiger partial charge < -0.3 is 4.90 Å². The van der Waals surface area contributed by atoms with E-state index >= 15 is 0 Å². The molecule has 1 aromatic carbocycles. The van der Waals surface area contributed by atoms with Gasteiger partial charge in [-0.3, -0.25) is 0 Å². The maximum atomic E-state index is 6.35. The Bertz CT molecular complexity index is 742. The number of nitrogens with zero attached hydrogens (tertiary/aromatic N) is 1. The van der Waals surface area contributed by atoms with Gasteiger partial charge in [-0.25, -0.2) is 0 Å². The lowest BCUT2D eigenvalue weighted by atomic mass is 9.86. The van der Waals surface area contributed by atoms with Crippen molar-refractivity contribution >= 4 is 29.9 Å². The molecule has 1 aromatic rings. The van der Waals surface area contributed by atoms with Gasteiger partial charge in [0.15, 0.2) is 0 Å². The summed E-state index contributed by atoms with van der Waals surface area (Å²) in [7, 11) is 0. The summed E-state index contributed by atoms with van der Waals surface area (Å²) in [5.74, 6) is 0.797. The number of thiol groups is 1. The van der Waals surface area contributed by atoms with Gasteiger partial charge in [0.05, 0.1) is 0 Å². The van der Waals surface area contributed by atoms with E-state index in [9.17, 15) is 0 Å². The van der Waals surface area contributed by atoms with Crippen molar-refractivity contribution in [1.82, 2.24) is 4.90 Å². The number of hydrogen-bond donors (Lipinski definition) is 1. The first-order valence-corrected chi connectivity index (χ1v) is 8.40. The zero-order chi connectivity index (χ0) is 16.0. The van der Waals surface area contributed by atoms with Crippen LogP contribution in [0.4, 0.5) is 0 Å². The highest BCUT2D eigenvalue weighted by Gasteiger charge is 2.31. The van der Waals surface area contributed by atoms with E-state index in [0.29, 0.717) is 6.04 Å². The van der Waals surface area contributed by atoms with Gasteiger partial charge in [-0.2, -0.15) is 12.6 Å². The predicted octanol–water partition coefficient (Wildman–Crippen LogP) is 5.18. The molecule has 22 heavy (non-hydrogen) atoms. The monoisotopic (exact) mass is 329 g/mol. The first-order valence-electron chi connectivity index (χ1n) is 7.39. The van der Waals surface area contributed by atoms with Crippen molar-refractivity contribution in [2.45, 2.75) is 26.3 Å². The van der Waals surface area contributed by atoms with Crippen molar-refractivity contribution in [1.29, 1.82) is 0 Å². The lowest BCUT2D eigenvalue weighted by molar-refractivity contribution is 0.394. The largest absolute Gasteiger partial charge is 0.343 e. The van der Waals surface area contributed by atoms with Crippen molar-refractivity contribution in [2.75, 3.05) is 5.75 Å². The van der Waals surface area contributed by atoms with Crippen molar-refractivity contribution in [3.8, 4) is 0 Å². The molecule has 1 atom stereocenters. The fourth-order valence-electron chi connectivity index (χ4n) is 3.17. The Kier molecular flexibility index (Phi) is 4.00. The Hall–Kier alpha value is -1.38. The molecule has 114 valence electrons. The maximum absolute atomic E-state index is 6.35. The number of aryl methyl sites for hydroxylation is 1. The molecule has 0 amide bonds. The fourth-order valence-corrected chi connectivity index (χ4v) is 3.63. The quantitative estimate of drug-likeness (QED) is 0.732. The number of benzene rings is 1. The minimum atomic E-state index is 0.338. The van der Waals surface area contributed by atoms with E-state index in [1.165, 1.54) is 11.1 Å². The molecule has 0 aliphatic carbocycles. The van der Waals surface area contributed by atoms with Gasteiger partial charge in [-0.15, -0.1) is 0 Å². The smallest absolute Gasteiger partial charge is 0.0492 e. The van der Waals surface area contributed by atoms with Gasteiger partial charge in [-0.1, -0.05) is 30.8 Å². The maximum Gasteiger partial charge on any atom is 0.0492 e. The van der Waals surface area contributed by atoms with Crippen LogP contribution in [0.2, 0.25) is 5.02 Å². The predicted molar refractivity (Wildman–Crippen MR) is 99.4 cm³/mol. The van der Waals surface area contributed by atoms with E-state index in [-0.39, 0.29) is 0 Å². The highest BCUT2D eigenvalue weighted by molar-refractivity contribution is 7.80. The molecule has 1 unspecified atom stereocenters. The van der Waals surface area contributed by atoms with E-state index in [1.54, 1.807) is 0 Å². The lowest BCUT2D eigenvalue weighted by Gasteiger charge is -2.41. The van der Waals surface area contributed by atoms with Crippen molar-refractivity contribution in [3.05, 3.63) is 76.0 Å². The molecule has 0 saturated heterocycles. The van der Waals surface area contributed by atoms with Crippen molar-refractivity contribution < 1.29 is 0 Å².